The van der Waals surface area contributed by atoms with E-state index < -0.39 is 40.3 Å². The Kier molecular flexibility index (Phi) is 3.77. The van der Waals surface area contributed by atoms with Crippen molar-refractivity contribution in [2.24, 2.45) is 0 Å². The lowest BCUT2D eigenvalue weighted by Crippen LogP contribution is -2.20. The summed E-state index contributed by atoms with van der Waals surface area (Å²) in [6.07, 6.45) is -5.21. The number of nitro groups is 1. The maximum Gasteiger partial charge on any atom is 0.573 e. The van der Waals surface area contributed by atoms with E-state index in [0.29, 0.717) is 0 Å². The molecule has 0 aromatic carbocycles. The van der Waals surface area contributed by atoms with Gasteiger partial charge in [0.1, 0.15) is 0 Å². The number of halogens is 3. The van der Waals surface area contributed by atoms with E-state index in [1.165, 1.54) is 0 Å². The topological polar surface area (TPSA) is 112 Å². The Bertz CT molecular complexity index is 530. The third kappa shape index (κ3) is 3.43. The summed E-state index contributed by atoms with van der Waals surface area (Å²) in [6, 6.07) is 0.281. The zero-order chi connectivity index (χ0) is 14.8. The first-order chi connectivity index (χ1) is 8.65. The summed E-state index contributed by atoms with van der Waals surface area (Å²) in [4.78, 5) is 23.3. The van der Waals surface area contributed by atoms with E-state index in [4.69, 9.17) is 5.11 Å². The molecule has 1 heterocycles. The molecule has 0 unspecified atom stereocenters. The predicted molar refractivity (Wildman–Crippen MR) is 51.1 cm³/mol. The van der Waals surface area contributed by atoms with Gasteiger partial charge in [0, 0.05) is 0 Å². The third-order valence-electron chi connectivity index (χ3n) is 1.75. The Hall–Kier alpha value is -2.59. The highest BCUT2D eigenvalue weighted by molar-refractivity contribution is 5.89. The molecule has 0 spiro atoms. The molecule has 0 saturated carbocycles. The smallest absolute Gasteiger partial charge is 0.476 e. The van der Waals surface area contributed by atoms with Crippen molar-refractivity contribution in [3.63, 3.8) is 0 Å². The highest BCUT2D eigenvalue weighted by Gasteiger charge is 2.35. The molecule has 11 heteroatoms. The van der Waals surface area contributed by atoms with E-state index in [1.807, 2.05) is 0 Å². The number of hydrogen-bond donors (Lipinski definition) is 1. The minimum Gasteiger partial charge on any atom is -0.476 e. The van der Waals surface area contributed by atoms with Crippen LogP contribution in [-0.2, 0) is 0 Å². The Morgan fingerprint density at radius 1 is 1.53 bits per heavy atom. The number of rotatable bonds is 4. The van der Waals surface area contributed by atoms with Crippen LogP contribution in [0.2, 0.25) is 0 Å². The molecule has 0 radical (unpaired) electrons. The predicted octanol–water partition coefficient (Wildman–Crippen LogP) is 1.60. The number of pyridine rings is 1. The van der Waals surface area contributed by atoms with Gasteiger partial charge in [0.05, 0.1) is 18.1 Å². The highest BCUT2D eigenvalue weighted by atomic mass is 19.4. The van der Waals surface area contributed by atoms with Crippen LogP contribution in [0.4, 0.5) is 18.9 Å². The van der Waals surface area contributed by atoms with Crippen LogP contribution in [-0.4, -0.2) is 34.5 Å². The van der Waals surface area contributed by atoms with Gasteiger partial charge >= 0.3 is 18.0 Å². The molecule has 1 aromatic heterocycles. The van der Waals surface area contributed by atoms with Crippen molar-refractivity contribution in [3.8, 4) is 11.6 Å². The maximum atomic E-state index is 12.1. The van der Waals surface area contributed by atoms with Gasteiger partial charge in [-0.1, -0.05) is 0 Å². The van der Waals surface area contributed by atoms with Crippen molar-refractivity contribution in [3.05, 3.63) is 21.9 Å². The van der Waals surface area contributed by atoms with E-state index in [9.17, 15) is 28.1 Å². The average molecular weight is 282 g/mol. The van der Waals surface area contributed by atoms with Crippen molar-refractivity contribution in [1.29, 1.82) is 0 Å². The van der Waals surface area contributed by atoms with Gasteiger partial charge < -0.3 is 14.6 Å². The molecule has 0 amide bonds. The summed E-state index contributed by atoms with van der Waals surface area (Å²) in [5, 5.41) is 19.3. The molecular weight excluding hydrogens is 277 g/mol. The zero-order valence-corrected chi connectivity index (χ0v) is 9.09. The fraction of sp³-hybridized carbons (Fsp3) is 0.250. The molecule has 0 aliphatic rings. The number of nitrogens with zero attached hydrogens (tertiary/aromatic N) is 2. The summed E-state index contributed by atoms with van der Waals surface area (Å²) in [5.41, 5.74) is -2.11. The largest absolute Gasteiger partial charge is 0.573 e. The Labute approximate surface area is 102 Å². The van der Waals surface area contributed by atoms with Gasteiger partial charge in [0.2, 0.25) is 0 Å². The van der Waals surface area contributed by atoms with Crippen LogP contribution < -0.4 is 9.47 Å². The number of hydrogen-bond acceptors (Lipinski definition) is 6. The summed E-state index contributed by atoms with van der Waals surface area (Å²) >= 11 is 0. The van der Waals surface area contributed by atoms with Crippen LogP contribution in [0.5, 0.6) is 11.6 Å². The summed E-state index contributed by atoms with van der Waals surface area (Å²) in [6.45, 7) is 0. The monoisotopic (exact) mass is 282 g/mol. The standard InChI is InChI=1S/C8H5F3N2O6/c1-18-6-3(13(16)17)2-4(19-8(9,10)11)5(12-6)7(14)15/h2H,1H3,(H,14,15). The number of carboxylic acids is 1. The molecule has 19 heavy (non-hydrogen) atoms. The molecule has 1 rings (SSSR count). The second kappa shape index (κ2) is 4.96. The van der Waals surface area contributed by atoms with Gasteiger partial charge in [-0.2, -0.15) is 4.98 Å². The fourth-order valence-electron chi connectivity index (χ4n) is 1.10. The highest BCUT2D eigenvalue weighted by Crippen LogP contribution is 2.34. The number of alkyl halides is 3. The van der Waals surface area contributed by atoms with Gasteiger partial charge in [-0.15, -0.1) is 13.2 Å². The van der Waals surface area contributed by atoms with E-state index in [1.54, 1.807) is 0 Å². The lowest BCUT2D eigenvalue weighted by Gasteiger charge is -2.11. The zero-order valence-electron chi connectivity index (χ0n) is 9.09. The molecule has 1 aromatic rings. The number of aromatic carboxylic acids is 1. The molecule has 0 atom stereocenters. The van der Waals surface area contributed by atoms with Gasteiger partial charge in [0.25, 0.3) is 5.88 Å². The number of methoxy groups -OCH3 is 1. The van der Waals surface area contributed by atoms with Crippen LogP contribution in [0.1, 0.15) is 10.5 Å². The third-order valence-corrected chi connectivity index (χ3v) is 1.75. The molecule has 0 bridgehead atoms. The van der Waals surface area contributed by atoms with Crippen molar-refractivity contribution < 1.29 is 37.5 Å². The van der Waals surface area contributed by atoms with E-state index in [0.717, 1.165) is 7.11 Å². The summed E-state index contributed by atoms with van der Waals surface area (Å²) in [5.74, 6) is -3.89. The number of carboxylic acid groups (broad SMARTS) is 1. The average Bonchev–Trinajstić information content (AvgIpc) is 2.25. The quantitative estimate of drug-likeness (QED) is 0.659. The van der Waals surface area contributed by atoms with E-state index in [-0.39, 0.29) is 6.07 Å². The van der Waals surface area contributed by atoms with E-state index in [2.05, 4.69) is 14.5 Å². The first-order valence-electron chi connectivity index (χ1n) is 4.38. The molecule has 1 N–H and O–H groups in total. The van der Waals surface area contributed by atoms with Crippen molar-refractivity contribution >= 4 is 11.7 Å². The molecule has 104 valence electrons. The van der Waals surface area contributed by atoms with Gasteiger partial charge in [0.15, 0.2) is 11.4 Å². The Morgan fingerprint density at radius 2 is 2.11 bits per heavy atom. The van der Waals surface area contributed by atoms with Gasteiger partial charge in [-0.25, -0.2) is 4.79 Å². The minimum absolute atomic E-state index is 0.281. The van der Waals surface area contributed by atoms with Crippen molar-refractivity contribution in [2.75, 3.05) is 7.11 Å². The second-order valence-corrected chi connectivity index (χ2v) is 2.97. The normalized spacial score (nSPS) is 10.9. The summed E-state index contributed by atoms with van der Waals surface area (Å²) < 4.78 is 44.0. The number of aromatic nitrogens is 1. The van der Waals surface area contributed by atoms with E-state index >= 15 is 0 Å². The van der Waals surface area contributed by atoms with Crippen molar-refractivity contribution in [2.45, 2.75) is 6.36 Å². The first-order valence-corrected chi connectivity index (χ1v) is 4.38. The van der Waals surface area contributed by atoms with Gasteiger partial charge in [-0.05, 0) is 0 Å². The van der Waals surface area contributed by atoms with Crippen LogP contribution in [0.25, 0.3) is 0 Å². The van der Waals surface area contributed by atoms with Crippen LogP contribution in [0.3, 0.4) is 0 Å². The van der Waals surface area contributed by atoms with Crippen LogP contribution in [0, 0.1) is 10.1 Å². The lowest BCUT2D eigenvalue weighted by atomic mass is 10.3. The lowest BCUT2D eigenvalue weighted by molar-refractivity contribution is -0.386. The molecule has 0 aliphatic carbocycles. The Morgan fingerprint density at radius 3 is 2.47 bits per heavy atom. The van der Waals surface area contributed by atoms with Crippen LogP contribution in [0.15, 0.2) is 6.07 Å². The molecule has 8 nitrogen and oxygen atoms in total. The molecule has 0 saturated heterocycles. The van der Waals surface area contributed by atoms with Gasteiger partial charge in [-0.3, -0.25) is 10.1 Å². The SMILES string of the molecule is COc1nc(C(=O)O)c(OC(F)(F)F)cc1[N+](=O)[O-]. The maximum absolute atomic E-state index is 12.1. The molecule has 0 aliphatic heterocycles. The Balaban J connectivity index is 3.45. The second-order valence-electron chi connectivity index (χ2n) is 2.97. The first kappa shape index (κ1) is 14.5. The molecular formula is C8H5F3N2O6. The van der Waals surface area contributed by atoms with Crippen LogP contribution >= 0.6 is 0 Å². The number of ether oxygens (including phenoxy) is 2. The van der Waals surface area contributed by atoms with Crippen molar-refractivity contribution in [1.82, 2.24) is 4.98 Å². The molecule has 0 fully saturated rings. The minimum atomic E-state index is -5.21. The fourth-order valence-corrected chi connectivity index (χ4v) is 1.10. The number of carbonyl (C=O) groups is 1. The summed E-state index contributed by atoms with van der Waals surface area (Å²) in [7, 11) is 0.950.